The number of benzene rings is 1. The molecule has 0 radical (unpaired) electrons. The molecule has 2 rings (SSSR count). The fourth-order valence-electron chi connectivity index (χ4n) is 2.18. The number of hydrogen-bond donors (Lipinski definition) is 1. The monoisotopic (exact) mass is 326 g/mol. The van der Waals surface area contributed by atoms with Crippen LogP contribution in [0.25, 0.3) is 0 Å². The van der Waals surface area contributed by atoms with E-state index < -0.39 is 21.7 Å². The lowest BCUT2D eigenvalue weighted by Gasteiger charge is -2.31. The molecule has 0 saturated carbocycles. The number of piperidine rings is 1. The van der Waals surface area contributed by atoms with Crippen molar-refractivity contribution in [3.63, 3.8) is 0 Å². The minimum atomic E-state index is -3.76. The summed E-state index contributed by atoms with van der Waals surface area (Å²) in [5, 5.41) is 3.04. The van der Waals surface area contributed by atoms with Crippen molar-refractivity contribution in [2.24, 2.45) is 0 Å². The van der Waals surface area contributed by atoms with Gasteiger partial charge in [0.15, 0.2) is 11.6 Å². The first kappa shape index (κ1) is 17.3. The Morgan fingerprint density at radius 1 is 1.30 bits per heavy atom. The molecule has 8 heteroatoms. The summed E-state index contributed by atoms with van der Waals surface area (Å²) in [7, 11) is -1.98. The van der Waals surface area contributed by atoms with Gasteiger partial charge in [0.2, 0.25) is 10.0 Å². The van der Waals surface area contributed by atoms with Crippen LogP contribution < -0.4 is 5.32 Å². The number of likely N-dealkylation sites (N-methyl/N-ethyl adjacent to an activating group) is 1. The third kappa shape index (κ3) is 3.46. The van der Waals surface area contributed by atoms with Gasteiger partial charge in [-0.15, -0.1) is 12.4 Å². The van der Waals surface area contributed by atoms with E-state index in [0.717, 1.165) is 31.0 Å². The van der Waals surface area contributed by atoms with E-state index in [1.165, 1.54) is 4.31 Å². The molecule has 4 nitrogen and oxygen atoms in total. The van der Waals surface area contributed by atoms with Crippen molar-refractivity contribution in [1.82, 2.24) is 9.62 Å². The minimum Gasteiger partial charge on any atom is -0.316 e. The second-order valence-electron chi connectivity index (χ2n) is 4.57. The highest BCUT2D eigenvalue weighted by atomic mass is 35.5. The number of nitrogens with one attached hydrogen (secondary N) is 1. The lowest BCUT2D eigenvalue weighted by molar-refractivity contribution is 0.292. The Hall–Kier alpha value is -0.760. The molecule has 1 aliphatic heterocycles. The Balaban J connectivity index is 0.00000200. The summed E-state index contributed by atoms with van der Waals surface area (Å²) < 4.78 is 52.0. The quantitative estimate of drug-likeness (QED) is 0.921. The van der Waals surface area contributed by atoms with Crippen LogP contribution >= 0.6 is 12.4 Å². The number of sulfonamides is 1. The van der Waals surface area contributed by atoms with Gasteiger partial charge in [0.05, 0.1) is 4.90 Å². The van der Waals surface area contributed by atoms with Crippen LogP contribution in [0.15, 0.2) is 23.1 Å². The van der Waals surface area contributed by atoms with Gasteiger partial charge in [-0.25, -0.2) is 17.2 Å². The first-order valence-corrected chi connectivity index (χ1v) is 7.51. The average Bonchev–Trinajstić information content (AvgIpc) is 2.41. The summed E-state index contributed by atoms with van der Waals surface area (Å²) >= 11 is 0. The van der Waals surface area contributed by atoms with E-state index >= 15 is 0 Å². The van der Waals surface area contributed by atoms with E-state index in [0.29, 0.717) is 13.1 Å². The van der Waals surface area contributed by atoms with E-state index in [-0.39, 0.29) is 23.3 Å². The van der Waals surface area contributed by atoms with Gasteiger partial charge < -0.3 is 5.32 Å². The summed E-state index contributed by atoms with van der Waals surface area (Å²) in [6.07, 6.45) is 1.65. The number of halogens is 3. The summed E-state index contributed by atoms with van der Waals surface area (Å²) in [5.74, 6) is -2.20. The molecule has 1 fully saturated rings. The zero-order valence-electron chi connectivity index (χ0n) is 11.0. The van der Waals surface area contributed by atoms with Crippen LogP contribution in [0, 0.1) is 11.6 Å². The molecular formula is C12H17ClF2N2O2S. The molecular weight excluding hydrogens is 310 g/mol. The molecule has 0 amide bonds. The van der Waals surface area contributed by atoms with Crippen LogP contribution in [0.4, 0.5) is 8.78 Å². The molecule has 0 bridgehead atoms. The summed E-state index contributed by atoms with van der Waals surface area (Å²) in [6.45, 7) is 0.747. The predicted octanol–water partition coefficient (Wildman–Crippen LogP) is 1.76. The van der Waals surface area contributed by atoms with Crippen molar-refractivity contribution in [2.45, 2.75) is 23.8 Å². The fourth-order valence-corrected chi connectivity index (χ4v) is 3.72. The molecule has 1 saturated heterocycles. The number of rotatable bonds is 3. The molecule has 1 N–H and O–H groups in total. The molecule has 1 unspecified atom stereocenters. The zero-order chi connectivity index (χ0) is 14.0. The van der Waals surface area contributed by atoms with Gasteiger partial charge in [-0.1, -0.05) is 0 Å². The van der Waals surface area contributed by atoms with Crippen LogP contribution in [-0.4, -0.2) is 38.9 Å². The van der Waals surface area contributed by atoms with Crippen molar-refractivity contribution in [1.29, 1.82) is 0 Å². The van der Waals surface area contributed by atoms with Gasteiger partial charge in [0.25, 0.3) is 0 Å². The molecule has 0 aromatic heterocycles. The second kappa shape index (κ2) is 6.80. The molecule has 1 heterocycles. The lowest BCUT2D eigenvalue weighted by Crippen LogP contribution is -2.46. The Morgan fingerprint density at radius 2 is 2.00 bits per heavy atom. The summed E-state index contributed by atoms with van der Waals surface area (Å²) in [5.41, 5.74) is 0. The molecule has 1 aromatic rings. The Labute approximate surface area is 123 Å². The third-order valence-corrected chi connectivity index (χ3v) is 5.18. The van der Waals surface area contributed by atoms with Crippen molar-refractivity contribution in [3.05, 3.63) is 29.8 Å². The second-order valence-corrected chi connectivity index (χ2v) is 6.50. The third-order valence-electron chi connectivity index (χ3n) is 3.32. The van der Waals surface area contributed by atoms with Crippen molar-refractivity contribution >= 4 is 22.4 Å². The maximum absolute atomic E-state index is 13.1. The zero-order valence-corrected chi connectivity index (χ0v) is 12.6. The van der Waals surface area contributed by atoms with E-state index in [9.17, 15) is 17.2 Å². The smallest absolute Gasteiger partial charge is 0.243 e. The van der Waals surface area contributed by atoms with Gasteiger partial charge in [-0.3, -0.25) is 0 Å². The van der Waals surface area contributed by atoms with E-state index in [2.05, 4.69) is 5.32 Å². The first-order chi connectivity index (χ1) is 8.95. The maximum atomic E-state index is 13.1. The van der Waals surface area contributed by atoms with Crippen LogP contribution in [0.5, 0.6) is 0 Å². The standard InChI is InChI=1S/C12H16F2N2O2S.ClH/c1-15-9-3-2-6-16(8-9)19(17,18)10-4-5-11(13)12(14)7-10;/h4-5,7,9,15H,2-3,6,8H2,1H3;1H. The molecule has 114 valence electrons. The molecule has 1 aliphatic rings. The number of nitrogens with zero attached hydrogens (tertiary/aromatic N) is 1. The number of hydrogen-bond acceptors (Lipinski definition) is 3. The maximum Gasteiger partial charge on any atom is 0.243 e. The van der Waals surface area contributed by atoms with Crippen LogP contribution in [0.1, 0.15) is 12.8 Å². The molecule has 0 aliphatic carbocycles. The Morgan fingerprint density at radius 3 is 2.60 bits per heavy atom. The predicted molar refractivity (Wildman–Crippen MR) is 74.4 cm³/mol. The highest BCUT2D eigenvalue weighted by Crippen LogP contribution is 2.22. The molecule has 1 aromatic carbocycles. The largest absolute Gasteiger partial charge is 0.316 e. The fraction of sp³-hybridized carbons (Fsp3) is 0.500. The Bertz CT molecular complexity index is 569. The van der Waals surface area contributed by atoms with Crippen LogP contribution in [-0.2, 0) is 10.0 Å². The van der Waals surface area contributed by atoms with Crippen molar-refractivity contribution < 1.29 is 17.2 Å². The van der Waals surface area contributed by atoms with Gasteiger partial charge >= 0.3 is 0 Å². The first-order valence-electron chi connectivity index (χ1n) is 6.07. The molecule has 0 spiro atoms. The van der Waals surface area contributed by atoms with Crippen molar-refractivity contribution in [2.75, 3.05) is 20.1 Å². The lowest BCUT2D eigenvalue weighted by atomic mass is 10.1. The summed E-state index contributed by atoms with van der Waals surface area (Å²) in [4.78, 5) is -0.205. The van der Waals surface area contributed by atoms with Gasteiger partial charge in [0, 0.05) is 19.1 Å². The summed E-state index contributed by atoms with van der Waals surface area (Å²) in [6, 6.07) is 2.75. The normalized spacial score (nSPS) is 20.4. The Kier molecular flexibility index (Phi) is 5.88. The minimum absolute atomic E-state index is 0. The van der Waals surface area contributed by atoms with Gasteiger partial charge in [-0.2, -0.15) is 4.31 Å². The van der Waals surface area contributed by atoms with E-state index in [4.69, 9.17) is 0 Å². The van der Waals surface area contributed by atoms with Crippen LogP contribution in [0.2, 0.25) is 0 Å². The highest BCUT2D eigenvalue weighted by Gasteiger charge is 2.30. The molecule has 1 atom stereocenters. The SMILES string of the molecule is CNC1CCCN(S(=O)(=O)c2ccc(F)c(F)c2)C1.Cl. The van der Waals surface area contributed by atoms with Crippen molar-refractivity contribution in [3.8, 4) is 0 Å². The van der Waals surface area contributed by atoms with Gasteiger partial charge in [-0.05, 0) is 38.1 Å². The molecule has 20 heavy (non-hydrogen) atoms. The van der Waals surface area contributed by atoms with Crippen LogP contribution in [0.3, 0.4) is 0 Å². The average molecular weight is 327 g/mol. The van der Waals surface area contributed by atoms with E-state index in [1.54, 1.807) is 7.05 Å². The van der Waals surface area contributed by atoms with Gasteiger partial charge in [0.1, 0.15) is 0 Å². The topological polar surface area (TPSA) is 49.4 Å². The highest BCUT2D eigenvalue weighted by molar-refractivity contribution is 7.89. The van der Waals surface area contributed by atoms with E-state index in [1.807, 2.05) is 0 Å².